The molecule has 1 saturated heterocycles. The molecule has 1 aliphatic heterocycles. The van der Waals surface area contributed by atoms with Crippen LogP contribution in [0.3, 0.4) is 0 Å². The molecule has 3 nitrogen and oxygen atoms in total. The van der Waals surface area contributed by atoms with Crippen LogP contribution in [0.25, 0.3) is 0 Å². The van der Waals surface area contributed by atoms with Crippen molar-refractivity contribution in [2.75, 3.05) is 32.6 Å². The molecule has 0 saturated carbocycles. The summed E-state index contributed by atoms with van der Waals surface area (Å²) in [6, 6.07) is 0. The number of morpholine rings is 1. The third-order valence-corrected chi connectivity index (χ3v) is 4.68. The fraction of sp³-hybridized carbons (Fsp3) is 0.600. The molecule has 0 aromatic rings. The zero-order valence-electron chi connectivity index (χ0n) is 11.9. The van der Waals surface area contributed by atoms with Crippen LogP contribution in [-0.2, 0) is 20.9 Å². The molecule has 0 radical (unpaired) electrons. The Morgan fingerprint density at radius 3 is 2.53 bits per heavy atom. The minimum atomic E-state index is -0.448. The van der Waals surface area contributed by atoms with E-state index in [0.29, 0.717) is 0 Å². The van der Waals surface area contributed by atoms with Crippen LogP contribution in [-0.4, -0.2) is 53.6 Å². The van der Waals surface area contributed by atoms with E-state index in [9.17, 15) is 4.79 Å². The van der Waals surface area contributed by atoms with E-state index in [2.05, 4.69) is 23.3 Å². The molecule has 0 aromatic carbocycles. The van der Waals surface area contributed by atoms with Gasteiger partial charge in [-0.1, -0.05) is 6.08 Å². The second-order valence-electron chi connectivity index (χ2n) is 5.35. The topological polar surface area (TPSA) is 29.5 Å². The summed E-state index contributed by atoms with van der Waals surface area (Å²) in [5.74, 6) is 0.214. The molecule has 1 fully saturated rings. The Bertz CT molecular complexity index is 443. The smallest absolute Gasteiger partial charge is 0.204 e. The number of nitrogens with zero attached hydrogens (tertiary/aromatic N) is 1. The van der Waals surface area contributed by atoms with Crippen LogP contribution < -0.4 is 0 Å². The van der Waals surface area contributed by atoms with Crippen LogP contribution >= 0.6 is 0 Å². The zero-order chi connectivity index (χ0) is 13.9. The summed E-state index contributed by atoms with van der Waals surface area (Å²) in [7, 11) is 0. The van der Waals surface area contributed by atoms with Gasteiger partial charge in [0.2, 0.25) is 4.86 Å². The molecule has 1 heterocycles. The van der Waals surface area contributed by atoms with E-state index in [1.165, 1.54) is 4.86 Å². The number of Topliss-reactive ketones (excluding diaryl/α,β-unsaturated/α-hetero) is 1. The number of hydrogen-bond acceptors (Lipinski definition) is 3. The Morgan fingerprint density at radius 2 is 2.00 bits per heavy atom. The highest BCUT2D eigenvalue weighted by Gasteiger charge is 2.36. The highest BCUT2D eigenvalue weighted by molar-refractivity contribution is 7.78. The molecule has 19 heavy (non-hydrogen) atoms. The second-order valence-corrected chi connectivity index (χ2v) is 6.29. The molecule has 104 valence electrons. The Labute approximate surface area is 119 Å². The largest absolute Gasteiger partial charge is 0.379 e. The van der Waals surface area contributed by atoms with Gasteiger partial charge in [0.05, 0.1) is 18.8 Å². The van der Waals surface area contributed by atoms with Crippen LogP contribution in [0.15, 0.2) is 23.8 Å². The normalized spacial score (nSPS) is 23.5. The van der Waals surface area contributed by atoms with Crippen molar-refractivity contribution in [1.82, 2.24) is 4.90 Å². The first-order chi connectivity index (χ1) is 9.05. The number of ether oxygens (including phenoxy) is 1. The summed E-state index contributed by atoms with van der Waals surface area (Å²) < 4.78 is 5.36. The summed E-state index contributed by atoms with van der Waals surface area (Å²) in [5, 5.41) is 0. The fourth-order valence-corrected chi connectivity index (χ4v) is 2.92. The highest BCUT2D eigenvalue weighted by atomic mass is 32.1. The Balaban J connectivity index is 2.10. The molecule has 0 atom stereocenters. The standard InChI is InChI=1S/C15H22NO2S/c1-15(2,16-8-10-18-11-9-16)14(17)12-4-6-13(19-3)7-5-12/h4-6H,7-11H2,1-3H3/q+1. The van der Waals surface area contributed by atoms with Gasteiger partial charge in [-0.15, -0.1) is 0 Å². The van der Waals surface area contributed by atoms with Gasteiger partial charge in [0.25, 0.3) is 0 Å². The van der Waals surface area contributed by atoms with Gasteiger partial charge in [-0.3, -0.25) is 9.69 Å². The quantitative estimate of drug-likeness (QED) is 0.579. The first-order valence-electron chi connectivity index (χ1n) is 6.71. The molecule has 0 unspecified atom stereocenters. The van der Waals surface area contributed by atoms with Gasteiger partial charge in [-0.25, -0.2) is 0 Å². The van der Waals surface area contributed by atoms with E-state index >= 15 is 0 Å². The van der Waals surface area contributed by atoms with Crippen molar-refractivity contribution in [3.05, 3.63) is 23.8 Å². The van der Waals surface area contributed by atoms with Gasteiger partial charge < -0.3 is 4.74 Å². The van der Waals surface area contributed by atoms with Crippen LogP contribution in [0.1, 0.15) is 20.3 Å². The SMILES string of the molecule is C[S+]=C1C=CC(C(=O)C(C)(C)N2CCOCC2)=CC1. The van der Waals surface area contributed by atoms with Crippen molar-refractivity contribution < 1.29 is 9.53 Å². The van der Waals surface area contributed by atoms with Crippen molar-refractivity contribution in [1.29, 1.82) is 0 Å². The van der Waals surface area contributed by atoms with E-state index in [1.807, 2.05) is 19.9 Å². The minimum absolute atomic E-state index is 0.214. The second kappa shape index (κ2) is 6.07. The molecule has 0 spiro atoms. The number of allylic oxidation sites excluding steroid dienone is 3. The summed E-state index contributed by atoms with van der Waals surface area (Å²) in [6.07, 6.45) is 9.01. The molecule has 4 heteroatoms. The predicted molar refractivity (Wildman–Crippen MR) is 81.6 cm³/mol. The maximum atomic E-state index is 12.7. The van der Waals surface area contributed by atoms with E-state index < -0.39 is 5.54 Å². The van der Waals surface area contributed by atoms with Crippen LogP contribution in [0.2, 0.25) is 0 Å². The zero-order valence-corrected chi connectivity index (χ0v) is 12.8. The van der Waals surface area contributed by atoms with Crippen LogP contribution in [0, 0.1) is 0 Å². The third kappa shape index (κ3) is 3.19. The molecule has 1 aliphatic carbocycles. The van der Waals surface area contributed by atoms with Crippen molar-refractivity contribution >= 4 is 22.0 Å². The molecular weight excluding hydrogens is 258 g/mol. The van der Waals surface area contributed by atoms with Crippen LogP contribution in [0.4, 0.5) is 0 Å². The molecule has 0 aromatic heterocycles. The fourth-order valence-electron chi connectivity index (χ4n) is 2.47. The van der Waals surface area contributed by atoms with Crippen molar-refractivity contribution in [3.63, 3.8) is 0 Å². The monoisotopic (exact) mass is 280 g/mol. The lowest BCUT2D eigenvalue weighted by Gasteiger charge is -2.39. The van der Waals surface area contributed by atoms with Gasteiger partial charge >= 0.3 is 0 Å². The number of carbonyl (C=O) groups is 1. The van der Waals surface area contributed by atoms with E-state index in [1.54, 1.807) is 11.4 Å². The third-order valence-electron chi connectivity index (χ3n) is 3.85. The summed E-state index contributed by atoms with van der Waals surface area (Å²) in [6.45, 7) is 7.13. The number of ketones is 1. The average Bonchev–Trinajstić information content (AvgIpc) is 2.47. The Morgan fingerprint density at radius 1 is 1.32 bits per heavy atom. The molecule has 0 amide bonds. The predicted octanol–water partition coefficient (Wildman–Crippen LogP) is 1.44. The summed E-state index contributed by atoms with van der Waals surface area (Å²) >= 11 is 1.74. The lowest BCUT2D eigenvalue weighted by molar-refractivity contribution is -0.128. The van der Waals surface area contributed by atoms with Gasteiger partial charge in [0.15, 0.2) is 23.4 Å². The van der Waals surface area contributed by atoms with E-state index in [0.717, 1.165) is 38.3 Å². The first-order valence-corrected chi connectivity index (χ1v) is 7.94. The lowest BCUT2D eigenvalue weighted by atomic mass is 9.88. The van der Waals surface area contributed by atoms with Gasteiger partial charge in [0.1, 0.15) is 0 Å². The maximum Gasteiger partial charge on any atom is 0.204 e. The van der Waals surface area contributed by atoms with Crippen molar-refractivity contribution in [2.45, 2.75) is 25.8 Å². The molecule has 0 bridgehead atoms. The average molecular weight is 280 g/mol. The molecule has 2 aliphatic rings. The Kier molecular flexibility index (Phi) is 4.66. The Hall–Kier alpha value is -0.840. The van der Waals surface area contributed by atoms with Gasteiger partial charge in [-0.05, 0) is 26.0 Å². The lowest BCUT2D eigenvalue weighted by Crippen LogP contribution is -2.54. The summed E-state index contributed by atoms with van der Waals surface area (Å²) in [5.41, 5.74) is 0.394. The molecule has 2 rings (SSSR count). The van der Waals surface area contributed by atoms with Crippen molar-refractivity contribution in [3.8, 4) is 0 Å². The first kappa shape index (κ1) is 14.6. The van der Waals surface area contributed by atoms with E-state index in [4.69, 9.17) is 4.74 Å². The van der Waals surface area contributed by atoms with Crippen LogP contribution in [0.5, 0.6) is 0 Å². The van der Waals surface area contributed by atoms with Crippen molar-refractivity contribution in [2.24, 2.45) is 0 Å². The number of hydrogen-bond donors (Lipinski definition) is 0. The van der Waals surface area contributed by atoms with Gasteiger partial charge in [-0.2, -0.15) is 0 Å². The molecular formula is C15H22NO2S+. The van der Waals surface area contributed by atoms with E-state index in [-0.39, 0.29) is 5.78 Å². The molecule has 0 N–H and O–H groups in total. The van der Waals surface area contributed by atoms with Gasteiger partial charge in [0, 0.05) is 25.1 Å². The number of rotatable bonds is 3. The summed E-state index contributed by atoms with van der Waals surface area (Å²) in [4.78, 5) is 16.2. The highest BCUT2D eigenvalue weighted by Crippen LogP contribution is 2.23. The number of carbonyl (C=O) groups excluding carboxylic acids is 1. The maximum absolute atomic E-state index is 12.7. The minimum Gasteiger partial charge on any atom is -0.379 e.